The van der Waals surface area contributed by atoms with Crippen LogP contribution in [0.25, 0.3) is 0 Å². The van der Waals surface area contributed by atoms with Crippen LogP contribution in [0.4, 0.5) is 16.2 Å². The van der Waals surface area contributed by atoms with Gasteiger partial charge in [0.25, 0.3) is 0 Å². The number of benzene rings is 2. The molecule has 0 aliphatic heterocycles. The highest BCUT2D eigenvalue weighted by atomic mass is 16.6. The number of aryl methyl sites for hydroxylation is 1. The summed E-state index contributed by atoms with van der Waals surface area (Å²) >= 11 is 0. The first-order valence-electron chi connectivity index (χ1n) is 8.41. The van der Waals surface area contributed by atoms with E-state index in [-0.39, 0.29) is 12.2 Å². The molecule has 7 heteroatoms. The molecule has 0 spiro atoms. The van der Waals surface area contributed by atoms with Crippen LogP contribution in [0.15, 0.2) is 36.4 Å². The van der Waals surface area contributed by atoms with Gasteiger partial charge in [-0.2, -0.15) is 0 Å². The van der Waals surface area contributed by atoms with Crippen LogP contribution < -0.4 is 15.8 Å². The number of hydrogen-bond acceptors (Lipinski definition) is 5. The molecule has 2 rings (SSSR count). The molecule has 0 radical (unpaired) electrons. The fraction of sp³-hybridized carbons (Fsp3) is 0.300. The van der Waals surface area contributed by atoms with Crippen molar-refractivity contribution in [3.05, 3.63) is 53.1 Å². The van der Waals surface area contributed by atoms with E-state index in [1.165, 1.54) is 6.07 Å². The Morgan fingerprint density at radius 2 is 1.89 bits per heavy atom. The normalized spacial score (nSPS) is 11.0. The number of rotatable bonds is 5. The largest absolute Gasteiger partial charge is 0.489 e. The summed E-state index contributed by atoms with van der Waals surface area (Å²) < 4.78 is 10.9. The molecule has 1 amide bonds. The second-order valence-electron chi connectivity index (χ2n) is 7.07. The number of carbonyl (C=O) groups excluding carboxylic acids is 1. The Morgan fingerprint density at radius 3 is 2.48 bits per heavy atom. The lowest BCUT2D eigenvalue weighted by Gasteiger charge is -2.20. The molecule has 0 atom stereocenters. The molecule has 4 N–H and O–H groups in total. The number of hydrogen-bond donors (Lipinski definition) is 3. The molecule has 0 aliphatic carbocycles. The van der Waals surface area contributed by atoms with Crippen molar-refractivity contribution in [2.45, 2.75) is 39.9 Å². The maximum atomic E-state index is 11.8. The Balaban J connectivity index is 2.09. The summed E-state index contributed by atoms with van der Waals surface area (Å²) in [6.07, 6.45) is -0.603. The second-order valence-corrected chi connectivity index (χ2v) is 7.07. The Kier molecular flexibility index (Phi) is 5.95. The lowest BCUT2D eigenvalue weighted by Crippen LogP contribution is -2.27. The Bertz CT molecular complexity index is 856. The molecular formula is C20H24N2O5. The molecular weight excluding hydrogens is 348 g/mol. The van der Waals surface area contributed by atoms with Gasteiger partial charge in [-0.25, -0.2) is 9.59 Å². The van der Waals surface area contributed by atoms with Gasteiger partial charge < -0.3 is 20.3 Å². The molecule has 0 fully saturated rings. The number of amides is 1. The third kappa shape index (κ3) is 5.64. The lowest BCUT2D eigenvalue weighted by atomic mass is 10.0. The summed E-state index contributed by atoms with van der Waals surface area (Å²) in [4.78, 5) is 23.2. The van der Waals surface area contributed by atoms with Gasteiger partial charge in [-0.15, -0.1) is 0 Å². The van der Waals surface area contributed by atoms with E-state index in [1.807, 2.05) is 13.0 Å². The second kappa shape index (κ2) is 7.99. The SMILES string of the molecule is Cc1cccc(C(=O)O)c1COc1ccc(NC(=O)OC(C)(C)C)c(N)c1. The van der Waals surface area contributed by atoms with Crippen molar-refractivity contribution in [3.8, 4) is 5.75 Å². The van der Waals surface area contributed by atoms with Gasteiger partial charge in [0.1, 0.15) is 18.0 Å². The number of nitrogens with two attached hydrogens (primary N) is 1. The summed E-state index contributed by atoms with van der Waals surface area (Å²) in [6, 6.07) is 9.86. The topological polar surface area (TPSA) is 111 Å². The van der Waals surface area contributed by atoms with E-state index in [0.29, 0.717) is 22.7 Å². The minimum absolute atomic E-state index is 0.0899. The Morgan fingerprint density at radius 1 is 1.19 bits per heavy atom. The standard InChI is InChI=1S/C20H24N2O5/c1-12-6-5-7-14(18(23)24)15(12)11-26-13-8-9-17(16(21)10-13)22-19(25)27-20(2,3)4/h5-10H,11,21H2,1-4H3,(H,22,25)(H,23,24). The van der Waals surface area contributed by atoms with Crippen LogP contribution in [0.2, 0.25) is 0 Å². The number of anilines is 2. The van der Waals surface area contributed by atoms with Crippen LogP contribution in [0.1, 0.15) is 42.3 Å². The van der Waals surface area contributed by atoms with Gasteiger partial charge in [0.2, 0.25) is 0 Å². The monoisotopic (exact) mass is 372 g/mol. The maximum absolute atomic E-state index is 11.8. The number of aromatic carboxylic acids is 1. The van der Waals surface area contributed by atoms with E-state index in [9.17, 15) is 14.7 Å². The predicted molar refractivity (Wildman–Crippen MR) is 103 cm³/mol. The molecule has 0 saturated heterocycles. The van der Waals surface area contributed by atoms with E-state index in [0.717, 1.165) is 5.56 Å². The molecule has 144 valence electrons. The van der Waals surface area contributed by atoms with Gasteiger partial charge >= 0.3 is 12.1 Å². The summed E-state index contributed by atoms with van der Waals surface area (Å²) in [7, 11) is 0. The fourth-order valence-electron chi connectivity index (χ4n) is 2.41. The minimum Gasteiger partial charge on any atom is -0.489 e. The van der Waals surface area contributed by atoms with E-state index in [2.05, 4.69) is 5.32 Å². The van der Waals surface area contributed by atoms with Crippen LogP contribution in [-0.2, 0) is 11.3 Å². The highest BCUT2D eigenvalue weighted by molar-refractivity contribution is 5.90. The summed E-state index contributed by atoms with van der Waals surface area (Å²) in [5.41, 5.74) is 7.68. The van der Waals surface area contributed by atoms with E-state index >= 15 is 0 Å². The number of nitrogens with one attached hydrogen (secondary N) is 1. The van der Waals surface area contributed by atoms with Crippen molar-refractivity contribution < 1.29 is 24.2 Å². The highest BCUT2D eigenvalue weighted by Crippen LogP contribution is 2.26. The van der Waals surface area contributed by atoms with Crippen molar-refractivity contribution in [1.29, 1.82) is 0 Å². The van der Waals surface area contributed by atoms with Gasteiger partial charge in [-0.1, -0.05) is 12.1 Å². The number of carboxylic acid groups (broad SMARTS) is 1. The van der Waals surface area contributed by atoms with Crippen LogP contribution in [0.3, 0.4) is 0 Å². The molecule has 0 bridgehead atoms. The molecule has 0 heterocycles. The minimum atomic E-state index is -1.01. The average Bonchev–Trinajstić information content (AvgIpc) is 2.54. The zero-order valence-electron chi connectivity index (χ0n) is 15.8. The van der Waals surface area contributed by atoms with Gasteiger partial charge in [0.15, 0.2) is 0 Å². The first-order valence-corrected chi connectivity index (χ1v) is 8.41. The van der Waals surface area contributed by atoms with E-state index in [1.54, 1.807) is 45.0 Å². The zero-order valence-corrected chi connectivity index (χ0v) is 15.8. The van der Waals surface area contributed by atoms with Crippen molar-refractivity contribution >= 4 is 23.4 Å². The molecule has 2 aromatic carbocycles. The van der Waals surface area contributed by atoms with Crippen LogP contribution >= 0.6 is 0 Å². The molecule has 0 unspecified atom stereocenters. The Hall–Kier alpha value is -3.22. The van der Waals surface area contributed by atoms with E-state index < -0.39 is 17.7 Å². The summed E-state index contributed by atoms with van der Waals surface area (Å²) in [6.45, 7) is 7.22. The zero-order chi connectivity index (χ0) is 20.2. The number of carboxylic acids is 1. The number of nitrogen functional groups attached to an aromatic ring is 1. The summed E-state index contributed by atoms with van der Waals surface area (Å²) in [5, 5.41) is 11.9. The van der Waals surface area contributed by atoms with Crippen molar-refractivity contribution in [2.75, 3.05) is 11.1 Å². The molecule has 7 nitrogen and oxygen atoms in total. The highest BCUT2D eigenvalue weighted by Gasteiger charge is 2.17. The van der Waals surface area contributed by atoms with Gasteiger partial charge in [-0.3, -0.25) is 5.32 Å². The number of carbonyl (C=O) groups is 2. The van der Waals surface area contributed by atoms with Crippen LogP contribution in [-0.4, -0.2) is 22.8 Å². The summed E-state index contributed by atoms with van der Waals surface area (Å²) in [5.74, 6) is -0.546. The van der Waals surface area contributed by atoms with Gasteiger partial charge in [0, 0.05) is 11.6 Å². The van der Waals surface area contributed by atoms with Crippen molar-refractivity contribution in [3.63, 3.8) is 0 Å². The molecule has 0 aromatic heterocycles. The van der Waals surface area contributed by atoms with Crippen molar-refractivity contribution in [1.82, 2.24) is 0 Å². The first kappa shape index (κ1) is 20.1. The third-order valence-electron chi connectivity index (χ3n) is 3.68. The molecule has 0 saturated carbocycles. The van der Waals surface area contributed by atoms with Crippen molar-refractivity contribution in [2.24, 2.45) is 0 Å². The number of ether oxygens (including phenoxy) is 2. The lowest BCUT2D eigenvalue weighted by molar-refractivity contribution is 0.0634. The average molecular weight is 372 g/mol. The van der Waals surface area contributed by atoms with Gasteiger partial charge in [0.05, 0.1) is 16.9 Å². The first-order chi connectivity index (χ1) is 12.6. The van der Waals surface area contributed by atoms with Crippen LogP contribution in [0.5, 0.6) is 5.75 Å². The predicted octanol–water partition coefficient (Wildman–Crippen LogP) is 4.20. The molecule has 27 heavy (non-hydrogen) atoms. The molecule has 2 aromatic rings. The smallest absolute Gasteiger partial charge is 0.412 e. The molecule has 0 aliphatic rings. The quantitative estimate of drug-likeness (QED) is 0.678. The fourth-order valence-corrected chi connectivity index (χ4v) is 2.41. The maximum Gasteiger partial charge on any atom is 0.412 e. The van der Waals surface area contributed by atoms with E-state index in [4.69, 9.17) is 15.2 Å². The Labute approximate surface area is 158 Å². The third-order valence-corrected chi connectivity index (χ3v) is 3.68. The van der Waals surface area contributed by atoms with Crippen LogP contribution in [0, 0.1) is 6.92 Å². The van der Waals surface area contributed by atoms with Gasteiger partial charge in [-0.05, 0) is 51.5 Å².